The monoisotopic (exact) mass is 349 g/mol. The lowest BCUT2D eigenvalue weighted by molar-refractivity contribution is -0.213. The van der Waals surface area contributed by atoms with Crippen LogP contribution in [0.1, 0.15) is 11.3 Å². The van der Waals surface area contributed by atoms with Gasteiger partial charge >= 0.3 is 6.09 Å². The van der Waals surface area contributed by atoms with Gasteiger partial charge in [0, 0.05) is 20.4 Å². The molecule has 0 aliphatic heterocycles. The van der Waals surface area contributed by atoms with Crippen LogP contribution in [-0.4, -0.2) is 36.8 Å². The zero-order valence-electron chi connectivity index (χ0n) is 13.4. The average molecular weight is 349 g/mol. The van der Waals surface area contributed by atoms with Crippen LogP contribution in [-0.2, 0) is 26.6 Å². The molecule has 2 N–H and O–H groups in total. The molecule has 1 heterocycles. The van der Waals surface area contributed by atoms with Crippen molar-refractivity contribution < 1.29 is 19.0 Å². The smallest absolute Gasteiger partial charge is 0.407 e. The maximum Gasteiger partial charge on any atom is 0.407 e. The number of nitrogens with one attached hydrogen (secondary N) is 2. The van der Waals surface area contributed by atoms with Gasteiger partial charge in [-0.05, 0) is 23.8 Å². The summed E-state index contributed by atoms with van der Waals surface area (Å²) in [6, 6.07) is 11.1. The molecule has 0 spiro atoms. The molecule has 1 aromatic carbocycles. The van der Waals surface area contributed by atoms with Crippen molar-refractivity contribution in [2.45, 2.75) is 12.4 Å². The second-order valence-electron chi connectivity index (χ2n) is 4.87. The van der Waals surface area contributed by atoms with E-state index in [-0.39, 0.29) is 17.9 Å². The van der Waals surface area contributed by atoms with Gasteiger partial charge < -0.3 is 24.5 Å². The molecule has 0 atom stereocenters. The summed E-state index contributed by atoms with van der Waals surface area (Å²) in [6.45, 7) is 0.209. The van der Waals surface area contributed by atoms with Gasteiger partial charge in [0.05, 0.1) is 12.2 Å². The van der Waals surface area contributed by atoms with E-state index in [9.17, 15) is 4.79 Å². The standard InChI is InChI=1S/C16H19N3O4S/c1-21-16(22-2,13-8-9-17-14(24)19-13)11-18-15(20)23-10-12-6-4-3-5-7-12/h3-9H,10-11H2,1-2H3,(H,18,20)(H,17,19,24). The molecule has 8 heteroatoms. The number of ether oxygens (including phenoxy) is 3. The molecule has 0 radical (unpaired) electrons. The third-order valence-corrected chi connectivity index (χ3v) is 3.63. The van der Waals surface area contributed by atoms with E-state index in [0.29, 0.717) is 5.69 Å². The number of H-pyrrole nitrogens is 1. The Morgan fingerprint density at radius 1 is 1.25 bits per heavy atom. The Morgan fingerprint density at radius 2 is 1.96 bits per heavy atom. The van der Waals surface area contributed by atoms with Gasteiger partial charge in [-0.2, -0.15) is 0 Å². The second kappa shape index (κ2) is 8.53. The molecule has 0 aliphatic rings. The van der Waals surface area contributed by atoms with Gasteiger partial charge in [-0.15, -0.1) is 0 Å². The maximum atomic E-state index is 11.9. The first-order valence-electron chi connectivity index (χ1n) is 7.20. The molecular formula is C16H19N3O4S. The molecule has 128 valence electrons. The van der Waals surface area contributed by atoms with Crippen LogP contribution >= 0.6 is 12.2 Å². The number of hydrogen-bond donors (Lipinski definition) is 2. The van der Waals surface area contributed by atoms with Crippen LogP contribution in [0.2, 0.25) is 0 Å². The highest BCUT2D eigenvalue weighted by molar-refractivity contribution is 7.71. The van der Waals surface area contributed by atoms with Crippen molar-refractivity contribution in [1.82, 2.24) is 15.3 Å². The summed E-state index contributed by atoms with van der Waals surface area (Å²) in [5, 5.41) is 2.63. The molecule has 1 amide bonds. The van der Waals surface area contributed by atoms with Crippen LogP contribution in [0.25, 0.3) is 0 Å². The highest BCUT2D eigenvalue weighted by Gasteiger charge is 2.34. The van der Waals surface area contributed by atoms with Crippen LogP contribution in [0.15, 0.2) is 42.6 Å². The van der Waals surface area contributed by atoms with Crippen LogP contribution in [0, 0.1) is 4.77 Å². The number of hydrogen-bond acceptors (Lipinski definition) is 6. The number of rotatable bonds is 7. The predicted molar refractivity (Wildman–Crippen MR) is 89.7 cm³/mol. The maximum absolute atomic E-state index is 11.9. The summed E-state index contributed by atoms with van der Waals surface area (Å²) < 4.78 is 16.3. The second-order valence-corrected chi connectivity index (χ2v) is 5.25. The highest BCUT2D eigenvalue weighted by atomic mass is 32.1. The molecular weight excluding hydrogens is 330 g/mol. The third kappa shape index (κ3) is 4.60. The Bertz CT molecular complexity index is 717. The Balaban J connectivity index is 1.98. The number of carbonyl (C=O) groups is 1. The zero-order chi connectivity index (χ0) is 17.4. The quantitative estimate of drug-likeness (QED) is 0.590. The van der Waals surface area contributed by atoms with E-state index in [1.807, 2.05) is 30.3 Å². The van der Waals surface area contributed by atoms with Gasteiger partial charge in [-0.1, -0.05) is 30.3 Å². The molecule has 24 heavy (non-hydrogen) atoms. The number of alkyl carbamates (subject to hydrolysis) is 1. The van der Waals surface area contributed by atoms with Gasteiger partial charge in [0.2, 0.25) is 5.79 Å². The zero-order valence-corrected chi connectivity index (χ0v) is 14.3. The number of methoxy groups -OCH3 is 2. The SMILES string of the molecule is COC(CNC(=O)OCc1ccccc1)(OC)c1ccnc(=S)[nH]1. The van der Waals surface area contributed by atoms with E-state index in [2.05, 4.69) is 15.3 Å². The van der Waals surface area contributed by atoms with Crippen molar-refractivity contribution in [3.05, 3.63) is 58.6 Å². The van der Waals surface area contributed by atoms with E-state index in [1.54, 1.807) is 6.07 Å². The lowest BCUT2D eigenvalue weighted by Crippen LogP contribution is -2.44. The van der Waals surface area contributed by atoms with Crippen LogP contribution in [0.5, 0.6) is 0 Å². The average Bonchev–Trinajstić information content (AvgIpc) is 2.62. The molecule has 0 saturated heterocycles. The third-order valence-electron chi connectivity index (χ3n) is 3.42. The number of amides is 1. The summed E-state index contributed by atoms with van der Waals surface area (Å²) in [5.41, 5.74) is 1.44. The number of carbonyl (C=O) groups excluding carboxylic acids is 1. The Hall–Kier alpha value is -2.29. The van der Waals surface area contributed by atoms with E-state index < -0.39 is 11.9 Å². The fraction of sp³-hybridized carbons (Fsp3) is 0.312. The van der Waals surface area contributed by atoms with Crippen molar-refractivity contribution in [3.63, 3.8) is 0 Å². The Morgan fingerprint density at radius 3 is 2.58 bits per heavy atom. The van der Waals surface area contributed by atoms with Gasteiger partial charge in [0.1, 0.15) is 6.61 Å². The predicted octanol–water partition coefficient (Wildman–Crippen LogP) is 2.51. The highest BCUT2D eigenvalue weighted by Crippen LogP contribution is 2.23. The fourth-order valence-electron chi connectivity index (χ4n) is 2.10. The first-order chi connectivity index (χ1) is 11.6. The van der Waals surface area contributed by atoms with Crippen LogP contribution in [0.4, 0.5) is 4.79 Å². The first kappa shape index (κ1) is 18.1. The van der Waals surface area contributed by atoms with Crippen LogP contribution in [0.3, 0.4) is 0 Å². The fourth-order valence-corrected chi connectivity index (χ4v) is 2.27. The van der Waals surface area contributed by atoms with Crippen molar-refractivity contribution in [3.8, 4) is 0 Å². The van der Waals surface area contributed by atoms with Gasteiger partial charge in [-0.3, -0.25) is 0 Å². The van der Waals surface area contributed by atoms with Crippen molar-refractivity contribution in [2.24, 2.45) is 0 Å². The Kier molecular flexibility index (Phi) is 6.42. The summed E-state index contributed by atoms with van der Waals surface area (Å²) in [7, 11) is 2.94. The summed E-state index contributed by atoms with van der Waals surface area (Å²) >= 11 is 5.01. The van der Waals surface area contributed by atoms with Crippen molar-refractivity contribution in [1.29, 1.82) is 0 Å². The normalized spacial score (nSPS) is 11.1. The number of aromatic amines is 1. The molecule has 0 unspecified atom stereocenters. The van der Waals surface area contributed by atoms with Crippen LogP contribution < -0.4 is 5.32 Å². The summed E-state index contributed by atoms with van der Waals surface area (Å²) in [5.74, 6) is -1.22. The molecule has 0 fully saturated rings. The molecule has 2 aromatic rings. The summed E-state index contributed by atoms with van der Waals surface area (Å²) in [4.78, 5) is 18.7. The van der Waals surface area contributed by atoms with E-state index in [4.69, 9.17) is 26.4 Å². The minimum Gasteiger partial charge on any atom is -0.445 e. The number of benzene rings is 1. The first-order valence-corrected chi connectivity index (χ1v) is 7.61. The number of nitrogens with zero attached hydrogens (tertiary/aromatic N) is 1. The van der Waals surface area contributed by atoms with E-state index >= 15 is 0 Å². The molecule has 0 saturated carbocycles. The van der Waals surface area contributed by atoms with E-state index in [0.717, 1.165) is 5.56 Å². The lowest BCUT2D eigenvalue weighted by Gasteiger charge is -2.30. The van der Waals surface area contributed by atoms with Crippen molar-refractivity contribution >= 4 is 18.3 Å². The summed E-state index contributed by atoms with van der Waals surface area (Å²) in [6.07, 6.45) is 0.958. The molecule has 2 rings (SSSR count). The van der Waals surface area contributed by atoms with E-state index in [1.165, 1.54) is 20.4 Å². The molecule has 0 aliphatic carbocycles. The minimum atomic E-state index is -1.22. The van der Waals surface area contributed by atoms with Gasteiger partial charge in [-0.25, -0.2) is 9.78 Å². The largest absolute Gasteiger partial charge is 0.445 e. The topological polar surface area (TPSA) is 85.5 Å². The Labute approximate surface area is 145 Å². The van der Waals surface area contributed by atoms with Gasteiger partial charge in [0.25, 0.3) is 0 Å². The molecule has 7 nitrogen and oxygen atoms in total. The number of aromatic nitrogens is 2. The lowest BCUT2D eigenvalue weighted by atomic mass is 10.2. The van der Waals surface area contributed by atoms with Gasteiger partial charge in [0.15, 0.2) is 4.77 Å². The molecule has 1 aromatic heterocycles. The minimum absolute atomic E-state index is 0.0307. The molecule has 0 bridgehead atoms. The van der Waals surface area contributed by atoms with Crippen molar-refractivity contribution in [2.75, 3.05) is 20.8 Å².